The van der Waals surface area contributed by atoms with E-state index < -0.39 is 0 Å². The van der Waals surface area contributed by atoms with Gasteiger partial charge < -0.3 is 14.3 Å². The first kappa shape index (κ1) is 24.5. The van der Waals surface area contributed by atoms with Crippen molar-refractivity contribution in [2.45, 2.75) is 58.2 Å². The molecule has 2 aromatic heterocycles. The Hall–Kier alpha value is -3.23. The van der Waals surface area contributed by atoms with E-state index in [1.165, 1.54) is 6.07 Å². The maximum absolute atomic E-state index is 14.3. The second-order valence-electron chi connectivity index (χ2n) is 9.29. The molecule has 3 aromatic rings. The van der Waals surface area contributed by atoms with Gasteiger partial charge in [0.1, 0.15) is 18.2 Å². The zero-order chi connectivity index (χ0) is 24.9. The third kappa shape index (κ3) is 5.60. The second-order valence-corrected chi connectivity index (χ2v) is 9.29. The third-order valence-corrected chi connectivity index (χ3v) is 6.66. The number of hydrogen-bond acceptors (Lipinski definition) is 7. The average Bonchev–Trinajstić information content (AvgIpc) is 2.89. The summed E-state index contributed by atoms with van der Waals surface area (Å²) in [6.07, 6.45) is 7.78. The lowest BCUT2D eigenvalue weighted by atomic mass is 9.78. The molecule has 0 amide bonds. The monoisotopic (exact) mass is 490 g/mol. The van der Waals surface area contributed by atoms with E-state index in [0.717, 1.165) is 71.0 Å². The predicted molar refractivity (Wildman–Crippen MR) is 134 cm³/mol. The molecular formula is C28H31FN4O3. The lowest BCUT2D eigenvalue weighted by molar-refractivity contribution is -0.169. The molecule has 7 nitrogen and oxygen atoms in total. The molecule has 2 unspecified atom stereocenters. The summed E-state index contributed by atoms with van der Waals surface area (Å²) in [5.41, 5.74) is 6.32. The molecule has 1 aromatic carbocycles. The molecule has 1 aliphatic carbocycles. The molecule has 3 heterocycles. The Bertz CT molecular complexity index is 1230. The number of pyridine rings is 1. The molecule has 0 radical (unpaired) electrons. The fraction of sp³-hybridized carbons (Fsp3) is 0.429. The summed E-state index contributed by atoms with van der Waals surface area (Å²) in [4.78, 5) is 19.3. The van der Waals surface area contributed by atoms with E-state index in [4.69, 9.17) is 19.3 Å². The molecule has 5 rings (SSSR count). The first-order valence-corrected chi connectivity index (χ1v) is 12.5. The summed E-state index contributed by atoms with van der Waals surface area (Å²) in [5.74, 6) is 0.498. The number of hydrogen-bond donors (Lipinski definition) is 0. The lowest BCUT2D eigenvalue weighted by Gasteiger charge is -2.28. The summed E-state index contributed by atoms with van der Waals surface area (Å²) in [7, 11) is 0. The van der Waals surface area contributed by atoms with Gasteiger partial charge in [-0.2, -0.15) is 0 Å². The normalized spacial score (nSPS) is 20.8. The van der Waals surface area contributed by atoms with Crippen molar-refractivity contribution in [3.05, 3.63) is 76.9 Å². The van der Waals surface area contributed by atoms with Crippen LogP contribution in [0.4, 0.5) is 4.39 Å². The van der Waals surface area contributed by atoms with E-state index in [9.17, 15) is 4.39 Å². The highest BCUT2D eigenvalue weighted by molar-refractivity contribution is 6.03. The Morgan fingerprint density at radius 2 is 2.03 bits per heavy atom. The van der Waals surface area contributed by atoms with Gasteiger partial charge in [-0.15, -0.1) is 0 Å². The summed E-state index contributed by atoms with van der Waals surface area (Å²) in [6.45, 7) is 5.35. The largest absolute Gasteiger partial charge is 0.393 e. The number of ether oxygens (including phenoxy) is 2. The van der Waals surface area contributed by atoms with Gasteiger partial charge in [-0.05, 0) is 74.8 Å². The van der Waals surface area contributed by atoms with Crippen LogP contribution < -0.4 is 0 Å². The van der Waals surface area contributed by atoms with Gasteiger partial charge in [0.05, 0.1) is 23.7 Å². The number of halogens is 1. The van der Waals surface area contributed by atoms with Crippen LogP contribution in [0, 0.1) is 19.7 Å². The number of nitrogens with zero attached hydrogens (tertiary/aromatic N) is 4. The third-order valence-electron chi connectivity index (χ3n) is 6.66. The van der Waals surface area contributed by atoms with Crippen LogP contribution >= 0.6 is 0 Å². The molecule has 188 valence electrons. The fourth-order valence-electron chi connectivity index (χ4n) is 5.09. The maximum atomic E-state index is 14.3. The van der Waals surface area contributed by atoms with Crippen LogP contribution in [-0.4, -0.2) is 46.8 Å². The van der Waals surface area contributed by atoms with E-state index in [1.54, 1.807) is 18.5 Å². The molecule has 0 spiro atoms. The maximum Gasteiger partial charge on any atom is 0.157 e. The highest BCUT2D eigenvalue weighted by atomic mass is 19.1. The molecular weight excluding hydrogens is 459 g/mol. The molecule has 2 atom stereocenters. The van der Waals surface area contributed by atoms with E-state index in [-0.39, 0.29) is 18.0 Å². The summed E-state index contributed by atoms with van der Waals surface area (Å²) < 4.78 is 25.7. The van der Waals surface area contributed by atoms with Crippen LogP contribution in [-0.2, 0) is 20.7 Å². The van der Waals surface area contributed by atoms with Gasteiger partial charge in [0.15, 0.2) is 6.29 Å². The predicted octanol–water partition coefficient (Wildman–Crippen LogP) is 5.29. The van der Waals surface area contributed by atoms with Gasteiger partial charge in [-0.3, -0.25) is 4.98 Å². The van der Waals surface area contributed by atoms with Gasteiger partial charge in [0.2, 0.25) is 0 Å². The first-order chi connectivity index (χ1) is 17.6. The zero-order valence-electron chi connectivity index (χ0n) is 20.7. The van der Waals surface area contributed by atoms with E-state index in [2.05, 4.69) is 15.1 Å². The zero-order valence-corrected chi connectivity index (χ0v) is 20.7. The molecule has 1 saturated heterocycles. The number of aryl methyl sites for hydroxylation is 2. The average molecular weight is 491 g/mol. The summed E-state index contributed by atoms with van der Waals surface area (Å²) >= 11 is 0. The van der Waals surface area contributed by atoms with Crippen molar-refractivity contribution in [1.82, 2.24) is 15.0 Å². The number of rotatable bonds is 7. The number of aromatic nitrogens is 3. The fourth-order valence-corrected chi connectivity index (χ4v) is 5.09. The Morgan fingerprint density at radius 3 is 2.83 bits per heavy atom. The van der Waals surface area contributed by atoms with Crippen LogP contribution in [0.3, 0.4) is 0 Å². The second kappa shape index (κ2) is 11.2. The minimum absolute atomic E-state index is 0.0521. The van der Waals surface area contributed by atoms with E-state index in [1.807, 2.05) is 32.0 Å². The van der Waals surface area contributed by atoms with Gasteiger partial charge in [-0.25, -0.2) is 14.4 Å². The van der Waals surface area contributed by atoms with Crippen LogP contribution in [0.1, 0.15) is 59.9 Å². The van der Waals surface area contributed by atoms with Crippen molar-refractivity contribution in [3.8, 4) is 11.1 Å². The Balaban J connectivity index is 1.40. The molecule has 36 heavy (non-hydrogen) atoms. The van der Waals surface area contributed by atoms with E-state index in [0.29, 0.717) is 26.1 Å². The van der Waals surface area contributed by atoms with Crippen molar-refractivity contribution in [2.24, 2.45) is 5.16 Å². The molecule has 1 fully saturated rings. The standard InChI is InChI=1S/C28H31FN4O3/c1-18-28-25(32-19(2)31-18)14-21(15-26(28)33-36-13-12-35-27-7-3-4-11-34-27)23-9-8-22(29)16-24(23)20-6-5-10-30-17-20/h5-6,8-10,16-17,21,27H,3-4,7,11-15H2,1-2H3/b33-26+. The lowest BCUT2D eigenvalue weighted by Crippen LogP contribution is -2.25. The topological polar surface area (TPSA) is 78.7 Å². The molecule has 0 N–H and O–H groups in total. The molecule has 2 aliphatic rings. The number of fused-ring (bicyclic) bond motifs is 1. The van der Waals surface area contributed by atoms with Crippen molar-refractivity contribution in [2.75, 3.05) is 19.8 Å². The van der Waals surface area contributed by atoms with Gasteiger partial charge >= 0.3 is 0 Å². The molecule has 8 heteroatoms. The SMILES string of the molecule is Cc1nc(C)c2c(n1)CC(c1ccc(F)cc1-c1cccnc1)C/C2=N\OCCOC1CCCCO1. The smallest absolute Gasteiger partial charge is 0.157 e. The summed E-state index contributed by atoms with van der Waals surface area (Å²) in [5, 5.41) is 4.52. The Morgan fingerprint density at radius 1 is 1.11 bits per heavy atom. The number of oxime groups is 1. The van der Waals surface area contributed by atoms with Crippen LogP contribution in [0.25, 0.3) is 11.1 Å². The summed E-state index contributed by atoms with van der Waals surface area (Å²) in [6, 6.07) is 8.77. The minimum Gasteiger partial charge on any atom is -0.393 e. The van der Waals surface area contributed by atoms with Gasteiger partial charge in [0, 0.05) is 36.5 Å². The van der Waals surface area contributed by atoms with Crippen LogP contribution in [0.5, 0.6) is 0 Å². The van der Waals surface area contributed by atoms with Crippen molar-refractivity contribution >= 4 is 5.71 Å². The molecule has 0 saturated carbocycles. The molecule has 0 bridgehead atoms. The van der Waals surface area contributed by atoms with Crippen LogP contribution in [0.15, 0.2) is 47.9 Å². The quantitative estimate of drug-likeness (QED) is 0.331. The first-order valence-electron chi connectivity index (χ1n) is 12.5. The minimum atomic E-state index is -0.276. The van der Waals surface area contributed by atoms with Crippen molar-refractivity contribution < 1.29 is 18.7 Å². The number of benzene rings is 1. The van der Waals surface area contributed by atoms with Crippen LogP contribution in [0.2, 0.25) is 0 Å². The van der Waals surface area contributed by atoms with Crippen molar-refractivity contribution in [1.29, 1.82) is 0 Å². The highest BCUT2D eigenvalue weighted by Gasteiger charge is 2.30. The van der Waals surface area contributed by atoms with Crippen molar-refractivity contribution in [3.63, 3.8) is 0 Å². The van der Waals surface area contributed by atoms with Gasteiger partial charge in [0.25, 0.3) is 0 Å². The molecule has 1 aliphatic heterocycles. The Kier molecular flexibility index (Phi) is 7.63. The van der Waals surface area contributed by atoms with E-state index >= 15 is 0 Å². The van der Waals surface area contributed by atoms with Gasteiger partial charge in [-0.1, -0.05) is 17.3 Å². The highest BCUT2D eigenvalue weighted by Crippen LogP contribution is 2.38. The Labute approximate surface area is 210 Å².